The first kappa shape index (κ1) is 27.5. The molecular formula is C29H21NO10. The third-order valence-electron chi connectivity index (χ3n) is 5.75. The minimum Gasteiger partial charge on any atom is -0.478 e. The number of nitro groups is 1. The van der Waals surface area contributed by atoms with E-state index >= 15 is 0 Å². The van der Waals surface area contributed by atoms with E-state index in [2.05, 4.69) is 0 Å². The maximum absolute atomic E-state index is 12.5. The number of ether oxygens (including phenoxy) is 1. The molecule has 0 bridgehead atoms. The van der Waals surface area contributed by atoms with Crippen molar-refractivity contribution in [3.05, 3.63) is 134 Å². The number of carbonyl (C=O) groups excluding carboxylic acids is 1. The minimum atomic E-state index is -1.49. The first-order chi connectivity index (χ1) is 19.2. The fourth-order valence-electron chi connectivity index (χ4n) is 3.75. The number of carbonyl (C=O) groups is 3. The highest BCUT2D eigenvalue weighted by molar-refractivity contribution is 6.03. The number of non-ortho nitro benzene ring substituents is 1. The maximum Gasteiger partial charge on any atom is 0.344 e. The van der Waals surface area contributed by atoms with Crippen molar-refractivity contribution in [3.63, 3.8) is 0 Å². The number of hydrogen-bond acceptors (Lipinski definition) is 8. The molecule has 0 saturated carbocycles. The molecule has 2 N–H and O–H groups in total. The lowest BCUT2D eigenvalue weighted by Gasteiger charge is -2.09. The molecule has 11 nitrogen and oxygen atoms in total. The molecule has 0 aromatic heterocycles. The lowest BCUT2D eigenvalue weighted by atomic mass is 10.0. The molecule has 0 saturated heterocycles. The van der Waals surface area contributed by atoms with Gasteiger partial charge in [0, 0.05) is 12.1 Å². The Kier molecular flexibility index (Phi) is 8.47. The van der Waals surface area contributed by atoms with E-state index in [0.29, 0.717) is 17.7 Å². The molecule has 4 rings (SSSR count). The Hall–Kier alpha value is -5.55. The predicted octanol–water partition coefficient (Wildman–Crippen LogP) is 5.31. The Balaban J connectivity index is 1.32. The van der Waals surface area contributed by atoms with E-state index in [1.165, 1.54) is 6.07 Å². The van der Waals surface area contributed by atoms with Gasteiger partial charge in [-0.1, -0.05) is 42.5 Å². The van der Waals surface area contributed by atoms with Gasteiger partial charge in [0.1, 0.15) is 12.4 Å². The van der Waals surface area contributed by atoms with Crippen molar-refractivity contribution in [1.29, 1.82) is 0 Å². The number of benzene rings is 4. The number of aromatic carboxylic acids is 2. The van der Waals surface area contributed by atoms with Crippen molar-refractivity contribution in [1.82, 2.24) is 0 Å². The van der Waals surface area contributed by atoms with Gasteiger partial charge in [-0.25, -0.2) is 14.4 Å². The third kappa shape index (κ3) is 6.85. The zero-order chi connectivity index (χ0) is 28.6. The number of nitrogens with zero attached hydrogens (tertiary/aromatic N) is 1. The molecule has 0 spiro atoms. The summed E-state index contributed by atoms with van der Waals surface area (Å²) < 4.78 is 5.27. The summed E-state index contributed by atoms with van der Waals surface area (Å²) in [6.45, 7) is -0.0387. The maximum atomic E-state index is 12.5. The average molecular weight is 543 g/mol. The Morgan fingerprint density at radius 3 is 1.93 bits per heavy atom. The summed E-state index contributed by atoms with van der Waals surface area (Å²) in [4.78, 5) is 55.9. The van der Waals surface area contributed by atoms with Crippen molar-refractivity contribution in [2.45, 2.75) is 13.0 Å². The zero-order valence-electron chi connectivity index (χ0n) is 20.7. The second-order valence-electron chi connectivity index (χ2n) is 8.45. The normalized spacial score (nSPS) is 10.5. The van der Waals surface area contributed by atoms with Gasteiger partial charge < -0.3 is 19.8 Å². The molecule has 0 aliphatic carbocycles. The van der Waals surface area contributed by atoms with Gasteiger partial charge in [-0.2, -0.15) is 4.89 Å². The number of nitro benzene ring substituents is 1. The highest BCUT2D eigenvalue weighted by Gasteiger charge is 2.22. The van der Waals surface area contributed by atoms with Crippen LogP contribution in [0, 0.1) is 10.1 Å². The van der Waals surface area contributed by atoms with Crippen LogP contribution in [0.1, 0.15) is 47.8 Å². The summed E-state index contributed by atoms with van der Waals surface area (Å²) in [6, 6.07) is 23.0. The van der Waals surface area contributed by atoms with E-state index < -0.39 is 34.1 Å². The van der Waals surface area contributed by atoms with E-state index in [9.17, 15) is 34.7 Å². The Morgan fingerprint density at radius 1 is 0.725 bits per heavy atom. The van der Waals surface area contributed by atoms with Crippen LogP contribution in [0.5, 0.6) is 11.5 Å². The zero-order valence-corrected chi connectivity index (χ0v) is 20.7. The van der Waals surface area contributed by atoms with Crippen molar-refractivity contribution in [2.75, 3.05) is 0 Å². The Bertz CT molecular complexity index is 1560. The van der Waals surface area contributed by atoms with Gasteiger partial charge in [-0.15, -0.1) is 0 Å². The van der Waals surface area contributed by atoms with Crippen molar-refractivity contribution < 1.29 is 44.0 Å². The number of esters is 1. The second kappa shape index (κ2) is 12.3. The molecular weight excluding hydrogens is 522 g/mol. The van der Waals surface area contributed by atoms with E-state index in [4.69, 9.17) is 14.5 Å². The van der Waals surface area contributed by atoms with E-state index in [-0.39, 0.29) is 23.5 Å². The van der Waals surface area contributed by atoms with E-state index in [1.807, 2.05) is 12.1 Å². The molecule has 202 valence electrons. The van der Waals surface area contributed by atoms with Crippen LogP contribution in [0.4, 0.5) is 5.69 Å². The predicted molar refractivity (Wildman–Crippen MR) is 140 cm³/mol. The molecule has 0 atom stereocenters. The van der Waals surface area contributed by atoms with Crippen LogP contribution in [-0.4, -0.2) is 33.0 Å². The van der Waals surface area contributed by atoms with Crippen LogP contribution >= 0.6 is 0 Å². The van der Waals surface area contributed by atoms with Gasteiger partial charge in [-0.3, -0.25) is 10.1 Å². The van der Waals surface area contributed by atoms with Crippen LogP contribution in [0.3, 0.4) is 0 Å². The van der Waals surface area contributed by atoms with Gasteiger partial charge in [0.15, 0.2) is 5.75 Å². The fraction of sp³-hybridized carbons (Fsp3) is 0.0690. The van der Waals surface area contributed by atoms with E-state index in [1.54, 1.807) is 54.6 Å². The third-order valence-corrected chi connectivity index (χ3v) is 5.75. The summed E-state index contributed by atoms with van der Waals surface area (Å²) >= 11 is 0. The molecule has 0 radical (unpaired) electrons. The fourth-order valence-corrected chi connectivity index (χ4v) is 3.75. The minimum absolute atomic E-state index is 0.0387. The highest BCUT2D eigenvalue weighted by atomic mass is 17.2. The molecule has 40 heavy (non-hydrogen) atoms. The lowest BCUT2D eigenvalue weighted by molar-refractivity contribution is -0.384. The number of hydrogen-bond donors (Lipinski definition) is 2. The summed E-state index contributed by atoms with van der Waals surface area (Å²) in [7, 11) is 0. The first-order valence-corrected chi connectivity index (χ1v) is 11.7. The Labute approximate surface area is 226 Å². The summed E-state index contributed by atoms with van der Waals surface area (Å²) in [5.74, 6) is -2.88. The van der Waals surface area contributed by atoms with Crippen molar-refractivity contribution in [3.8, 4) is 11.5 Å². The van der Waals surface area contributed by atoms with Crippen molar-refractivity contribution in [2.24, 2.45) is 0 Å². The monoisotopic (exact) mass is 543 g/mol. The average Bonchev–Trinajstić information content (AvgIpc) is 2.94. The SMILES string of the molecule is O=C(O)c1ccccc1COOc1ccc(Cc2ccc(OC(=O)c3ccc([N+](=O)[O-])cc3C(=O)O)cc2)cc1. The lowest BCUT2D eigenvalue weighted by Crippen LogP contribution is -2.14. The Morgan fingerprint density at radius 2 is 1.32 bits per heavy atom. The van der Waals surface area contributed by atoms with Gasteiger partial charge in [-0.05, 0) is 59.5 Å². The van der Waals surface area contributed by atoms with Gasteiger partial charge in [0.25, 0.3) is 5.69 Å². The van der Waals surface area contributed by atoms with Crippen LogP contribution in [-0.2, 0) is 17.9 Å². The topological polar surface area (TPSA) is 162 Å². The summed E-state index contributed by atoms with van der Waals surface area (Å²) in [5.41, 5.74) is 1.18. The molecule has 11 heteroatoms. The molecule has 0 fully saturated rings. The quantitative estimate of drug-likeness (QED) is 0.0833. The molecule has 0 aliphatic heterocycles. The molecule has 4 aromatic rings. The summed E-state index contributed by atoms with van der Waals surface area (Å²) in [6.07, 6.45) is 0.548. The van der Waals surface area contributed by atoms with Gasteiger partial charge in [0.2, 0.25) is 0 Å². The molecule has 0 amide bonds. The van der Waals surface area contributed by atoms with Crippen LogP contribution in [0.25, 0.3) is 0 Å². The molecule has 4 aromatic carbocycles. The van der Waals surface area contributed by atoms with Crippen LogP contribution in [0.2, 0.25) is 0 Å². The van der Waals surface area contributed by atoms with Crippen LogP contribution < -0.4 is 9.62 Å². The van der Waals surface area contributed by atoms with Crippen LogP contribution in [0.15, 0.2) is 91.0 Å². The number of carboxylic acids is 2. The number of rotatable bonds is 11. The van der Waals surface area contributed by atoms with Gasteiger partial charge in [0.05, 0.1) is 21.6 Å². The number of carboxylic acid groups (broad SMARTS) is 2. The van der Waals surface area contributed by atoms with Gasteiger partial charge >= 0.3 is 17.9 Å². The van der Waals surface area contributed by atoms with Crippen molar-refractivity contribution >= 4 is 23.6 Å². The van der Waals surface area contributed by atoms with E-state index in [0.717, 1.165) is 29.3 Å². The first-order valence-electron chi connectivity index (χ1n) is 11.7. The molecule has 0 aliphatic rings. The molecule has 0 heterocycles. The standard InChI is InChI=1S/C29H21NO10/c31-27(32)24-4-2-1-3-20(24)17-38-40-23-12-7-19(8-13-23)15-18-5-10-22(11-6-18)39-29(35)25-14-9-21(30(36)37)16-26(25)28(33)34/h1-14,16H,15,17H2,(H,31,32)(H,33,34). The molecule has 0 unspecified atom stereocenters. The largest absolute Gasteiger partial charge is 0.478 e. The highest BCUT2D eigenvalue weighted by Crippen LogP contribution is 2.22. The summed E-state index contributed by atoms with van der Waals surface area (Å²) in [5, 5.41) is 29.5. The second-order valence-corrected chi connectivity index (χ2v) is 8.45. The smallest absolute Gasteiger partial charge is 0.344 e.